The van der Waals surface area contributed by atoms with Crippen LogP contribution in [0, 0.1) is 0 Å². The van der Waals surface area contributed by atoms with E-state index in [1.165, 1.54) is 212 Å². The molecular formula is C38H77ClN2. The highest BCUT2D eigenvalue weighted by atomic mass is 35.5. The maximum atomic E-state index is 2.72. The molecule has 0 radical (unpaired) electrons. The lowest BCUT2D eigenvalue weighted by atomic mass is 9.98. The van der Waals surface area contributed by atoms with Crippen molar-refractivity contribution in [3.8, 4) is 0 Å². The molecule has 2 nitrogen and oxygen atoms in total. The van der Waals surface area contributed by atoms with Crippen molar-refractivity contribution in [2.45, 2.75) is 219 Å². The van der Waals surface area contributed by atoms with Gasteiger partial charge < -0.3 is 12.4 Å². The van der Waals surface area contributed by atoms with Crippen molar-refractivity contribution >= 4 is 6.34 Å². The van der Waals surface area contributed by atoms with E-state index in [1.807, 2.05) is 0 Å². The van der Waals surface area contributed by atoms with Gasteiger partial charge in [-0.1, -0.05) is 181 Å². The molecule has 0 bridgehead atoms. The molecule has 1 rings (SSSR count). The summed E-state index contributed by atoms with van der Waals surface area (Å²) in [5.41, 5.74) is 0. The third-order valence-electron chi connectivity index (χ3n) is 9.61. The third kappa shape index (κ3) is 25.9. The number of nitrogens with zero attached hydrogens (tertiary/aromatic N) is 2. The van der Waals surface area contributed by atoms with E-state index in [9.17, 15) is 0 Å². The highest BCUT2D eigenvalue weighted by Gasteiger charge is 2.26. The Morgan fingerprint density at radius 2 is 0.756 bits per heavy atom. The fraction of sp³-hybridized carbons (Fsp3) is 0.974. The number of rotatable bonds is 32. The molecular weight excluding hydrogens is 520 g/mol. The number of hydrogen-bond acceptors (Lipinski definition) is 1. The van der Waals surface area contributed by atoms with E-state index in [0.717, 1.165) is 6.04 Å². The van der Waals surface area contributed by atoms with Crippen molar-refractivity contribution in [1.82, 2.24) is 4.90 Å². The van der Waals surface area contributed by atoms with Crippen molar-refractivity contribution < 1.29 is 17.0 Å². The molecule has 3 heteroatoms. The zero-order valence-corrected chi connectivity index (χ0v) is 29.5. The van der Waals surface area contributed by atoms with E-state index in [4.69, 9.17) is 0 Å². The van der Waals surface area contributed by atoms with Crippen molar-refractivity contribution in [3.63, 3.8) is 0 Å². The van der Waals surface area contributed by atoms with Crippen molar-refractivity contribution in [3.05, 3.63) is 0 Å². The van der Waals surface area contributed by atoms with Gasteiger partial charge in [-0.15, -0.1) is 0 Å². The lowest BCUT2D eigenvalue weighted by molar-refractivity contribution is -0.510. The quantitative estimate of drug-likeness (QED) is 0.0553. The summed E-state index contributed by atoms with van der Waals surface area (Å²) < 4.78 is 2.52. The Morgan fingerprint density at radius 1 is 0.463 bits per heavy atom. The predicted octanol–water partition coefficient (Wildman–Crippen LogP) is 9.48. The van der Waals surface area contributed by atoms with Crippen molar-refractivity contribution in [1.29, 1.82) is 0 Å². The van der Waals surface area contributed by atoms with E-state index in [-0.39, 0.29) is 12.4 Å². The second-order valence-corrected chi connectivity index (χ2v) is 13.4. The molecule has 0 saturated carbocycles. The number of halogens is 1. The second-order valence-electron chi connectivity index (χ2n) is 13.4. The van der Waals surface area contributed by atoms with Crippen LogP contribution in [-0.2, 0) is 0 Å². The van der Waals surface area contributed by atoms with Gasteiger partial charge in [0.05, 0.1) is 12.6 Å². The van der Waals surface area contributed by atoms with Gasteiger partial charge in [-0.3, -0.25) is 9.48 Å². The number of hydrogen-bond donors (Lipinski definition) is 0. The van der Waals surface area contributed by atoms with Crippen LogP contribution in [0.15, 0.2) is 0 Å². The molecule has 0 aromatic carbocycles. The van der Waals surface area contributed by atoms with E-state index in [2.05, 4.69) is 36.6 Å². The summed E-state index contributed by atoms with van der Waals surface area (Å²) in [5.74, 6) is 0. The summed E-state index contributed by atoms with van der Waals surface area (Å²) in [4.78, 5) is 2.72. The highest BCUT2D eigenvalue weighted by molar-refractivity contribution is 5.51. The first-order valence-corrected chi connectivity index (χ1v) is 19.2. The molecule has 0 aliphatic carbocycles. The topological polar surface area (TPSA) is 6.25 Å². The van der Waals surface area contributed by atoms with Crippen LogP contribution in [0.4, 0.5) is 0 Å². The Morgan fingerprint density at radius 3 is 1.02 bits per heavy atom. The number of unbranched alkanes of at least 4 members (excludes halogenated alkanes) is 26. The van der Waals surface area contributed by atoms with Gasteiger partial charge in [0, 0.05) is 0 Å². The third-order valence-corrected chi connectivity index (χ3v) is 9.61. The average Bonchev–Trinajstić information content (AvgIpc) is 3.45. The predicted molar refractivity (Wildman–Crippen MR) is 182 cm³/mol. The first-order chi connectivity index (χ1) is 19.8. The van der Waals surface area contributed by atoms with Crippen LogP contribution in [0.5, 0.6) is 0 Å². The minimum Gasteiger partial charge on any atom is -1.00 e. The van der Waals surface area contributed by atoms with Gasteiger partial charge in [-0.05, 0) is 32.6 Å². The van der Waals surface area contributed by atoms with Gasteiger partial charge in [-0.2, -0.15) is 0 Å². The van der Waals surface area contributed by atoms with Crippen LogP contribution < -0.4 is 12.4 Å². The van der Waals surface area contributed by atoms with Gasteiger partial charge in [0.25, 0.3) is 0 Å². The van der Waals surface area contributed by atoms with Crippen molar-refractivity contribution in [2.24, 2.45) is 0 Å². The van der Waals surface area contributed by atoms with Crippen molar-refractivity contribution in [2.75, 3.05) is 19.6 Å². The van der Waals surface area contributed by atoms with Crippen LogP contribution in [0.1, 0.15) is 213 Å². The molecule has 1 heterocycles. The lowest BCUT2D eigenvalue weighted by Gasteiger charge is -2.21. The molecule has 246 valence electrons. The minimum absolute atomic E-state index is 0. The molecule has 0 spiro atoms. The second kappa shape index (κ2) is 32.7. The Bertz CT molecular complexity index is 502. The summed E-state index contributed by atoms with van der Waals surface area (Å²) >= 11 is 0. The molecule has 0 fully saturated rings. The lowest BCUT2D eigenvalue weighted by Crippen LogP contribution is -3.00. The van der Waals surface area contributed by atoms with E-state index in [1.54, 1.807) is 0 Å². The van der Waals surface area contributed by atoms with Gasteiger partial charge in [0.1, 0.15) is 13.1 Å². The Balaban J connectivity index is 0.0000160. The largest absolute Gasteiger partial charge is 1.00 e. The van der Waals surface area contributed by atoms with Gasteiger partial charge in [-0.25, -0.2) is 0 Å². The van der Waals surface area contributed by atoms with Gasteiger partial charge >= 0.3 is 0 Å². The van der Waals surface area contributed by atoms with Crippen LogP contribution in [0.2, 0.25) is 0 Å². The smallest absolute Gasteiger partial charge is 0.234 e. The Labute approximate surface area is 266 Å². The molecule has 0 saturated heterocycles. The SMILES string of the molecule is CCCCCCCCCCCCCCCCC(CCCCCCCCCCCCCCCC)N1C=[N+](CC)CC1.[Cl-]. The van der Waals surface area contributed by atoms with Gasteiger partial charge in [0.2, 0.25) is 6.34 Å². The van der Waals surface area contributed by atoms with E-state index >= 15 is 0 Å². The zero-order valence-electron chi connectivity index (χ0n) is 28.8. The maximum absolute atomic E-state index is 2.72. The number of likely N-dealkylation sites (N-methyl/N-ethyl adjacent to an activating group) is 1. The standard InChI is InChI=1S/C38H77N2.ClH/c1-4-7-9-11-13-15-17-19-21-23-25-27-29-31-33-38(40-36-35-39(6-3)37-40)34-32-30-28-26-24-22-20-18-16-14-12-10-8-5-2;/h37-38H,4-36H2,1-3H3;1H/q+1;/p-1. The first kappa shape index (κ1) is 40.8. The van der Waals surface area contributed by atoms with E-state index in [0.29, 0.717) is 0 Å². The molecule has 0 N–H and O–H groups in total. The first-order valence-electron chi connectivity index (χ1n) is 19.2. The summed E-state index contributed by atoms with van der Waals surface area (Å²) in [7, 11) is 0. The molecule has 0 aromatic rings. The normalized spacial score (nSPS) is 13.3. The zero-order chi connectivity index (χ0) is 28.8. The maximum Gasteiger partial charge on any atom is 0.234 e. The Hall–Kier alpha value is -0.240. The van der Waals surface area contributed by atoms with Crippen LogP contribution >= 0.6 is 0 Å². The molecule has 0 unspecified atom stereocenters. The van der Waals surface area contributed by atoms with Crippen LogP contribution in [0.3, 0.4) is 0 Å². The average molecular weight is 598 g/mol. The molecule has 1 aliphatic rings. The van der Waals surface area contributed by atoms with E-state index < -0.39 is 0 Å². The molecule has 0 atom stereocenters. The molecule has 1 aliphatic heterocycles. The highest BCUT2D eigenvalue weighted by Crippen LogP contribution is 2.20. The molecule has 0 aromatic heterocycles. The van der Waals surface area contributed by atoms with Gasteiger partial charge in [0.15, 0.2) is 0 Å². The monoisotopic (exact) mass is 597 g/mol. The fourth-order valence-corrected chi connectivity index (χ4v) is 6.71. The summed E-state index contributed by atoms with van der Waals surface area (Å²) in [6, 6.07) is 0.797. The summed E-state index contributed by atoms with van der Waals surface area (Å²) in [6.45, 7) is 10.6. The van der Waals surface area contributed by atoms with Crippen LogP contribution in [-0.4, -0.2) is 41.5 Å². The van der Waals surface area contributed by atoms with Crippen LogP contribution in [0.25, 0.3) is 0 Å². The minimum atomic E-state index is 0. The fourth-order valence-electron chi connectivity index (χ4n) is 6.71. The molecule has 0 amide bonds. The molecule has 41 heavy (non-hydrogen) atoms. The summed E-state index contributed by atoms with van der Waals surface area (Å²) in [6.07, 6.45) is 46.2. The Kier molecular flexibility index (Phi) is 32.5. The summed E-state index contributed by atoms with van der Waals surface area (Å²) in [5, 5.41) is 0.